The smallest absolute Gasteiger partial charge is 0.320 e. The van der Waals surface area contributed by atoms with Crippen LogP contribution in [-0.4, -0.2) is 32.4 Å². The van der Waals surface area contributed by atoms with Gasteiger partial charge in [0.05, 0.1) is 17.9 Å². The van der Waals surface area contributed by atoms with Crippen LogP contribution in [0.15, 0.2) is 48.7 Å². The summed E-state index contributed by atoms with van der Waals surface area (Å²) in [6.45, 7) is 13.0. The molecule has 4 N–H and O–H groups in total. The number of pyridine rings is 1. The molecule has 2 unspecified atom stereocenters. The molecule has 4 rings (SSSR count). The third kappa shape index (κ3) is 7.85. The van der Waals surface area contributed by atoms with Crippen LogP contribution in [0, 0.1) is 16.2 Å². The summed E-state index contributed by atoms with van der Waals surface area (Å²) < 4.78 is 13.0. The topological polar surface area (TPSA) is 155 Å². The van der Waals surface area contributed by atoms with E-state index in [0.29, 0.717) is 41.8 Å². The third-order valence-electron chi connectivity index (χ3n) is 7.08. The zero-order valence-electron chi connectivity index (χ0n) is 25.9. The highest BCUT2D eigenvalue weighted by Gasteiger charge is 2.30. The molecule has 0 aliphatic heterocycles. The van der Waals surface area contributed by atoms with Crippen LogP contribution in [0.4, 0.5) is 10.6 Å². The average Bonchev–Trinajstić information content (AvgIpc) is 2.92. The van der Waals surface area contributed by atoms with E-state index in [1.54, 1.807) is 24.4 Å². The summed E-state index contributed by atoms with van der Waals surface area (Å²) in [5.41, 5.74) is 2.09. The Hall–Kier alpha value is -4.54. The van der Waals surface area contributed by atoms with Crippen LogP contribution >= 0.6 is 0 Å². The lowest BCUT2D eigenvalue weighted by atomic mass is 9.85. The van der Waals surface area contributed by atoms with Crippen molar-refractivity contribution < 1.29 is 19.1 Å². The molecule has 228 valence electrons. The van der Waals surface area contributed by atoms with Crippen molar-refractivity contribution in [3.63, 3.8) is 0 Å². The van der Waals surface area contributed by atoms with Gasteiger partial charge in [0.25, 0.3) is 0 Å². The van der Waals surface area contributed by atoms with E-state index >= 15 is 0 Å². The fraction of sp³-hybridized carbons (Fsp3) is 0.438. The molecule has 0 bridgehead atoms. The van der Waals surface area contributed by atoms with Gasteiger partial charge in [0.15, 0.2) is 12.4 Å². The molecule has 3 aromatic rings. The highest BCUT2D eigenvalue weighted by Crippen LogP contribution is 2.38. The minimum Gasteiger partial charge on any atom is -0.484 e. The van der Waals surface area contributed by atoms with Crippen LogP contribution in [0.5, 0.6) is 5.75 Å². The Kier molecular flexibility index (Phi) is 9.03. The molecule has 2 atom stereocenters. The third-order valence-corrected chi connectivity index (χ3v) is 7.08. The number of anilines is 1. The normalized spacial score (nSPS) is 16.5. The zero-order chi connectivity index (χ0) is 31.5. The molecule has 1 aliphatic carbocycles. The van der Waals surface area contributed by atoms with Gasteiger partial charge >= 0.3 is 12.0 Å². The summed E-state index contributed by atoms with van der Waals surface area (Å²) in [4.78, 5) is 33.4. The van der Waals surface area contributed by atoms with Crippen molar-refractivity contribution in [3.8, 4) is 5.75 Å². The van der Waals surface area contributed by atoms with Gasteiger partial charge in [-0.3, -0.25) is 25.5 Å². The van der Waals surface area contributed by atoms with Crippen LogP contribution in [0.3, 0.4) is 0 Å². The Balaban J connectivity index is 1.51. The standard InChI is InChI=1S/C32H41N7O4/c1-19(40)42-18-28-36-25(31(2,3)4)16-27(37-28)38-30(41)35-23-13-14-24(22-11-9-8-10-21(22)23)43-20-12-15-26(33)39(17-20)29(34)32(5,6)7/h8-12,15-17,23-24,33-34H,13-14,18H2,1-7H3,(H2,35,36,37,38,41). The number of rotatable bonds is 6. The highest BCUT2D eigenvalue weighted by atomic mass is 16.5. The van der Waals surface area contributed by atoms with Gasteiger partial charge < -0.3 is 14.8 Å². The lowest BCUT2D eigenvalue weighted by molar-refractivity contribution is -0.142. The summed E-state index contributed by atoms with van der Waals surface area (Å²) in [5, 5.41) is 22.7. The number of urea groups is 1. The second kappa shape index (κ2) is 12.4. The summed E-state index contributed by atoms with van der Waals surface area (Å²) in [6, 6.07) is 12.3. The molecule has 43 heavy (non-hydrogen) atoms. The summed E-state index contributed by atoms with van der Waals surface area (Å²) in [6.07, 6.45) is 2.72. The molecule has 0 radical (unpaired) electrons. The van der Waals surface area contributed by atoms with Crippen molar-refractivity contribution in [1.82, 2.24) is 19.9 Å². The van der Waals surface area contributed by atoms with Crippen LogP contribution < -0.4 is 20.9 Å². The minimum absolute atomic E-state index is 0.0885. The lowest BCUT2D eigenvalue weighted by Crippen LogP contribution is -2.36. The average molecular weight is 588 g/mol. The molecule has 0 saturated heterocycles. The fourth-order valence-electron chi connectivity index (χ4n) is 4.77. The Morgan fingerprint density at radius 2 is 1.72 bits per heavy atom. The maximum Gasteiger partial charge on any atom is 0.320 e. The highest BCUT2D eigenvalue weighted by molar-refractivity contribution is 5.88. The first-order chi connectivity index (χ1) is 20.1. The van der Waals surface area contributed by atoms with E-state index in [-0.39, 0.29) is 29.7 Å². The number of benzene rings is 1. The number of ether oxygens (including phenoxy) is 2. The van der Waals surface area contributed by atoms with E-state index in [2.05, 4.69) is 20.6 Å². The maximum absolute atomic E-state index is 13.2. The Morgan fingerprint density at radius 1 is 1.02 bits per heavy atom. The van der Waals surface area contributed by atoms with Gasteiger partial charge in [-0.2, -0.15) is 0 Å². The number of hydrogen-bond donors (Lipinski definition) is 4. The van der Waals surface area contributed by atoms with Crippen LogP contribution in [0.1, 0.15) is 96.1 Å². The van der Waals surface area contributed by atoms with E-state index in [9.17, 15) is 9.59 Å². The minimum atomic E-state index is -0.438. The lowest BCUT2D eigenvalue weighted by Gasteiger charge is -2.32. The SMILES string of the molecule is CC(=O)OCc1nc(NC(=O)NC2CCC(Oc3ccc(=N)n(C(=N)C(C)(C)C)c3)c3ccccc32)cc(C(C)(C)C)n1. The molecule has 1 aliphatic rings. The molecular formula is C32H41N7O4. The van der Waals surface area contributed by atoms with Crippen molar-refractivity contribution in [2.75, 3.05) is 5.32 Å². The van der Waals surface area contributed by atoms with Crippen molar-refractivity contribution >= 4 is 23.7 Å². The summed E-state index contributed by atoms with van der Waals surface area (Å²) >= 11 is 0. The molecular weight excluding hydrogens is 546 g/mol. The number of esters is 1. The predicted molar refractivity (Wildman–Crippen MR) is 163 cm³/mol. The van der Waals surface area contributed by atoms with Crippen LogP contribution in [0.2, 0.25) is 0 Å². The first kappa shape index (κ1) is 31.4. The second-order valence-electron chi connectivity index (χ2n) is 12.8. The molecule has 1 aromatic carbocycles. The molecule has 0 saturated carbocycles. The number of aromatic nitrogens is 3. The number of hydrogen-bond acceptors (Lipinski definition) is 8. The van der Waals surface area contributed by atoms with Gasteiger partial charge in [0, 0.05) is 23.8 Å². The van der Waals surface area contributed by atoms with Crippen molar-refractivity contribution in [2.24, 2.45) is 5.41 Å². The van der Waals surface area contributed by atoms with Crippen molar-refractivity contribution in [3.05, 3.63) is 76.8 Å². The zero-order valence-corrected chi connectivity index (χ0v) is 25.9. The number of carbonyl (C=O) groups is 2. The molecule has 2 heterocycles. The van der Waals surface area contributed by atoms with Crippen LogP contribution in [0.25, 0.3) is 0 Å². The predicted octanol–water partition coefficient (Wildman–Crippen LogP) is 5.77. The van der Waals surface area contributed by atoms with Crippen molar-refractivity contribution in [1.29, 1.82) is 10.8 Å². The maximum atomic E-state index is 13.2. The number of nitrogens with zero attached hydrogens (tertiary/aromatic N) is 3. The molecule has 11 nitrogen and oxygen atoms in total. The van der Waals surface area contributed by atoms with Crippen LogP contribution in [-0.2, 0) is 21.6 Å². The van der Waals surface area contributed by atoms with Gasteiger partial charge in [0.2, 0.25) is 0 Å². The van der Waals surface area contributed by atoms with Gasteiger partial charge in [0.1, 0.15) is 29.0 Å². The van der Waals surface area contributed by atoms with Gasteiger partial charge in [-0.25, -0.2) is 14.8 Å². The van der Waals surface area contributed by atoms with E-state index in [1.807, 2.05) is 65.8 Å². The quantitative estimate of drug-likeness (QED) is 0.163. The van der Waals surface area contributed by atoms with E-state index in [4.69, 9.17) is 20.3 Å². The monoisotopic (exact) mass is 587 g/mol. The molecule has 2 aromatic heterocycles. The first-order valence-electron chi connectivity index (χ1n) is 14.3. The van der Waals surface area contributed by atoms with Gasteiger partial charge in [-0.05, 0) is 36.1 Å². The molecule has 0 fully saturated rings. The second-order valence-corrected chi connectivity index (χ2v) is 12.8. The summed E-state index contributed by atoms with van der Waals surface area (Å²) in [5.74, 6) is 1.05. The number of amides is 2. The first-order valence-corrected chi connectivity index (χ1v) is 14.3. The van der Waals surface area contributed by atoms with E-state index < -0.39 is 17.4 Å². The fourth-order valence-corrected chi connectivity index (χ4v) is 4.77. The Bertz CT molecular complexity index is 1580. The van der Waals surface area contributed by atoms with Crippen molar-refractivity contribution in [2.45, 2.75) is 85.5 Å². The van der Waals surface area contributed by atoms with Gasteiger partial charge in [-0.15, -0.1) is 0 Å². The van der Waals surface area contributed by atoms with E-state index in [1.165, 1.54) is 11.5 Å². The molecule has 11 heteroatoms. The Morgan fingerprint density at radius 3 is 2.37 bits per heavy atom. The largest absolute Gasteiger partial charge is 0.484 e. The van der Waals surface area contributed by atoms with Gasteiger partial charge in [-0.1, -0.05) is 65.8 Å². The number of carbonyl (C=O) groups excluding carboxylic acids is 2. The summed E-state index contributed by atoms with van der Waals surface area (Å²) in [7, 11) is 0. The van der Waals surface area contributed by atoms with E-state index in [0.717, 1.165) is 11.1 Å². The molecule has 0 spiro atoms. The number of fused-ring (bicyclic) bond motifs is 1. The number of nitrogens with one attached hydrogen (secondary N) is 4. The molecule has 2 amide bonds. The Labute approximate surface area is 252 Å².